The second-order valence-electron chi connectivity index (χ2n) is 5.48. The molecular weight excluding hydrogens is 298 g/mol. The predicted molar refractivity (Wildman–Crippen MR) is 86.6 cm³/mol. The van der Waals surface area contributed by atoms with Gasteiger partial charge in [-0.2, -0.15) is 8.78 Å². The van der Waals surface area contributed by atoms with Crippen molar-refractivity contribution in [1.29, 1.82) is 0 Å². The summed E-state index contributed by atoms with van der Waals surface area (Å²) >= 11 is 0. The Labute approximate surface area is 135 Å². The Hall–Kier alpha value is -2.04. The van der Waals surface area contributed by atoms with Crippen LogP contribution in [0.4, 0.5) is 8.78 Å². The number of aromatic nitrogens is 2. The zero-order valence-electron chi connectivity index (χ0n) is 13.3. The van der Waals surface area contributed by atoms with Crippen LogP contribution in [0.1, 0.15) is 44.6 Å². The molecule has 2 aromatic rings. The molecule has 0 bridgehead atoms. The largest absolute Gasteiger partial charge is 0.435 e. The minimum absolute atomic E-state index is 0.132. The smallest absolute Gasteiger partial charge is 0.387 e. The fraction of sp³-hybridized carbons (Fsp3) is 0.444. The van der Waals surface area contributed by atoms with Crippen LogP contribution in [-0.2, 0) is 6.42 Å². The van der Waals surface area contributed by atoms with Gasteiger partial charge in [-0.25, -0.2) is 9.97 Å². The molecule has 1 aromatic heterocycles. The van der Waals surface area contributed by atoms with Crippen molar-refractivity contribution >= 4 is 0 Å². The first-order valence-corrected chi connectivity index (χ1v) is 8.05. The number of unbranched alkanes of at least 4 members (excludes halogenated alkanes) is 4. The Morgan fingerprint density at radius 1 is 0.957 bits per heavy atom. The predicted octanol–water partition coefficient (Wildman–Crippen LogP) is 5.26. The van der Waals surface area contributed by atoms with Crippen LogP contribution >= 0.6 is 0 Å². The first-order chi connectivity index (χ1) is 11.2. The number of benzene rings is 1. The lowest BCUT2D eigenvalue weighted by molar-refractivity contribution is -0.0498. The molecule has 1 aromatic carbocycles. The number of nitrogens with zero attached hydrogens (tertiary/aromatic N) is 2. The van der Waals surface area contributed by atoms with E-state index in [9.17, 15) is 8.78 Å². The molecule has 0 saturated carbocycles. The number of hydrogen-bond acceptors (Lipinski definition) is 3. The average Bonchev–Trinajstić information content (AvgIpc) is 2.55. The first kappa shape index (κ1) is 17.3. The summed E-state index contributed by atoms with van der Waals surface area (Å²) in [6.07, 6.45) is 10.9. The molecule has 0 aliphatic heterocycles. The zero-order valence-corrected chi connectivity index (χ0v) is 13.3. The summed E-state index contributed by atoms with van der Waals surface area (Å²) in [6.45, 7) is -0.604. The molecule has 0 amide bonds. The van der Waals surface area contributed by atoms with E-state index in [0.29, 0.717) is 5.82 Å². The summed E-state index contributed by atoms with van der Waals surface area (Å²) < 4.78 is 28.5. The maximum absolute atomic E-state index is 12.1. The molecule has 0 N–H and O–H groups in total. The lowest BCUT2D eigenvalue weighted by Gasteiger charge is -2.06. The van der Waals surface area contributed by atoms with E-state index in [1.807, 2.05) is 12.4 Å². The van der Waals surface area contributed by atoms with Crippen molar-refractivity contribution in [2.75, 3.05) is 0 Å². The highest BCUT2D eigenvalue weighted by molar-refractivity contribution is 5.55. The van der Waals surface area contributed by atoms with Gasteiger partial charge >= 0.3 is 6.61 Å². The quantitative estimate of drug-likeness (QED) is 0.591. The summed E-state index contributed by atoms with van der Waals surface area (Å²) in [5, 5.41) is 0. The monoisotopic (exact) mass is 320 g/mol. The average molecular weight is 320 g/mol. The van der Waals surface area contributed by atoms with Crippen LogP contribution in [0.3, 0.4) is 0 Å². The summed E-state index contributed by atoms with van der Waals surface area (Å²) in [5.41, 5.74) is 1.91. The number of alkyl halides is 2. The summed E-state index contributed by atoms with van der Waals surface area (Å²) in [6, 6.07) is 6.34. The van der Waals surface area contributed by atoms with E-state index in [1.165, 1.54) is 37.8 Å². The van der Waals surface area contributed by atoms with Gasteiger partial charge in [0.1, 0.15) is 5.75 Å². The molecular formula is C18H22F2N2O. The SMILES string of the molecule is CCCCCCCc1cnc(-c2ccc(OC(F)F)cc2)nc1. The van der Waals surface area contributed by atoms with E-state index >= 15 is 0 Å². The van der Waals surface area contributed by atoms with Crippen LogP contribution in [0.25, 0.3) is 11.4 Å². The topological polar surface area (TPSA) is 35.0 Å². The van der Waals surface area contributed by atoms with Crippen LogP contribution in [0.5, 0.6) is 5.75 Å². The number of hydrogen-bond donors (Lipinski definition) is 0. The van der Waals surface area contributed by atoms with E-state index in [4.69, 9.17) is 0 Å². The van der Waals surface area contributed by atoms with Crippen LogP contribution in [0, 0.1) is 0 Å². The van der Waals surface area contributed by atoms with Crippen LogP contribution in [0.15, 0.2) is 36.7 Å². The molecule has 0 spiro atoms. The Morgan fingerprint density at radius 2 is 1.61 bits per heavy atom. The van der Waals surface area contributed by atoms with Gasteiger partial charge in [-0.05, 0) is 42.7 Å². The molecule has 0 atom stereocenters. The van der Waals surface area contributed by atoms with Gasteiger partial charge < -0.3 is 4.74 Å². The highest BCUT2D eigenvalue weighted by atomic mass is 19.3. The van der Waals surface area contributed by atoms with Gasteiger partial charge in [0, 0.05) is 18.0 Å². The minimum Gasteiger partial charge on any atom is -0.435 e. The molecule has 0 aliphatic rings. The maximum Gasteiger partial charge on any atom is 0.387 e. The van der Waals surface area contributed by atoms with Gasteiger partial charge in [-0.1, -0.05) is 32.6 Å². The molecule has 3 nitrogen and oxygen atoms in total. The second-order valence-corrected chi connectivity index (χ2v) is 5.48. The summed E-state index contributed by atoms with van der Waals surface area (Å²) in [5.74, 6) is 0.718. The van der Waals surface area contributed by atoms with Gasteiger partial charge in [0.05, 0.1) is 0 Å². The van der Waals surface area contributed by atoms with Crippen LogP contribution < -0.4 is 4.74 Å². The van der Waals surface area contributed by atoms with Crippen molar-refractivity contribution in [2.24, 2.45) is 0 Å². The molecule has 0 radical (unpaired) electrons. The summed E-state index contributed by atoms with van der Waals surface area (Å²) in [7, 11) is 0. The third-order valence-electron chi connectivity index (χ3n) is 3.61. The fourth-order valence-electron chi connectivity index (χ4n) is 2.35. The number of ether oxygens (including phenoxy) is 1. The standard InChI is InChI=1S/C18H22F2N2O/c1-2-3-4-5-6-7-14-12-21-17(22-13-14)15-8-10-16(11-9-15)23-18(19)20/h8-13,18H,2-7H2,1H3. The minimum atomic E-state index is -2.81. The van der Waals surface area contributed by atoms with Crippen molar-refractivity contribution in [3.05, 3.63) is 42.2 Å². The van der Waals surface area contributed by atoms with Crippen molar-refractivity contribution in [2.45, 2.75) is 52.1 Å². The Kier molecular flexibility index (Phi) is 6.91. The van der Waals surface area contributed by atoms with Crippen molar-refractivity contribution < 1.29 is 13.5 Å². The Balaban J connectivity index is 1.88. The third-order valence-corrected chi connectivity index (χ3v) is 3.61. The summed E-state index contributed by atoms with van der Waals surface area (Å²) in [4.78, 5) is 8.71. The third kappa shape index (κ3) is 5.93. The molecule has 0 aliphatic carbocycles. The van der Waals surface area contributed by atoms with E-state index in [-0.39, 0.29) is 5.75 Å². The van der Waals surface area contributed by atoms with Gasteiger partial charge in [0.25, 0.3) is 0 Å². The van der Waals surface area contributed by atoms with E-state index in [0.717, 1.165) is 24.0 Å². The van der Waals surface area contributed by atoms with E-state index in [2.05, 4.69) is 21.6 Å². The number of rotatable bonds is 9. The van der Waals surface area contributed by atoms with Gasteiger partial charge in [0.15, 0.2) is 5.82 Å². The van der Waals surface area contributed by atoms with Crippen molar-refractivity contribution in [3.8, 4) is 17.1 Å². The van der Waals surface area contributed by atoms with Gasteiger partial charge in [-0.3, -0.25) is 0 Å². The fourth-order valence-corrected chi connectivity index (χ4v) is 2.35. The normalized spacial score (nSPS) is 11.0. The number of aryl methyl sites for hydroxylation is 1. The molecule has 5 heteroatoms. The highest BCUT2D eigenvalue weighted by Gasteiger charge is 2.06. The molecule has 124 valence electrons. The molecule has 0 fully saturated rings. The van der Waals surface area contributed by atoms with E-state index < -0.39 is 6.61 Å². The molecule has 1 heterocycles. The zero-order chi connectivity index (χ0) is 16.5. The van der Waals surface area contributed by atoms with Gasteiger partial charge in [-0.15, -0.1) is 0 Å². The van der Waals surface area contributed by atoms with Crippen LogP contribution in [0.2, 0.25) is 0 Å². The second kappa shape index (κ2) is 9.18. The van der Waals surface area contributed by atoms with Crippen molar-refractivity contribution in [1.82, 2.24) is 9.97 Å². The highest BCUT2D eigenvalue weighted by Crippen LogP contribution is 2.20. The Bertz CT molecular complexity index is 571. The molecule has 23 heavy (non-hydrogen) atoms. The molecule has 0 unspecified atom stereocenters. The van der Waals surface area contributed by atoms with Gasteiger partial charge in [0.2, 0.25) is 0 Å². The van der Waals surface area contributed by atoms with E-state index in [1.54, 1.807) is 12.1 Å². The number of halogens is 2. The lowest BCUT2D eigenvalue weighted by Crippen LogP contribution is -2.01. The Morgan fingerprint density at radius 3 is 2.22 bits per heavy atom. The lowest BCUT2D eigenvalue weighted by atomic mass is 10.1. The first-order valence-electron chi connectivity index (χ1n) is 8.05. The van der Waals surface area contributed by atoms with Crippen molar-refractivity contribution in [3.63, 3.8) is 0 Å². The molecule has 2 rings (SSSR count). The molecule has 0 saturated heterocycles. The maximum atomic E-state index is 12.1. The van der Waals surface area contributed by atoms with Crippen LogP contribution in [-0.4, -0.2) is 16.6 Å².